The quantitative estimate of drug-likeness (QED) is 0.532. The molecule has 0 radical (unpaired) electrons. The molecule has 15 heavy (non-hydrogen) atoms. The van der Waals surface area contributed by atoms with Gasteiger partial charge in [-0.25, -0.2) is 0 Å². The summed E-state index contributed by atoms with van der Waals surface area (Å²) in [4.78, 5) is 4.29. The number of hydrogen-bond acceptors (Lipinski definition) is 2. The molecule has 0 aromatic carbocycles. The van der Waals surface area contributed by atoms with Crippen LogP contribution in [0.4, 0.5) is 0 Å². The fraction of sp³-hybridized carbons (Fsp3) is 0.385. The maximum Gasteiger partial charge on any atom is 0.0373 e. The number of rotatable bonds is 4. The molecule has 0 unspecified atom stereocenters. The molecule has 82 valence electrons. The summed E-state index contributed by atoms with van der Waals surface area (Å²) < 4.78 is 0. The normalized spacial score (nSPS) is 14.9. The molecule has 0 atom stereocenters. The molecular weight excluding hydrogens is 184 g/mol. The highest BCUT2D eigenvalue weighted by atomic mass is 14.7. The number of nitrogens with one attached hydrogen (secondary N) is 1. The van der Waals surface area contributed by atoms with E-state index in [9.17, 15) is 0 Å². The predicted molar refractivity (Wildman–Crippen MR) is 68.8 cm³/mol. The van der Waals surface area contributed by atoms with Crippen LogP contribution in [0.1, 0.15) is 34.6 Å². The average molecular weight is 204 g/mol. The largest absolute Gasteiger partial charge is 0.305 e. The zero-order valence-electron chi connectivity index (χ0n) is 10.3. The van der Waals surface area contributed by atoms with Gasteiger partial charge in [-0.1, -0.05) is 12.2 Å². The molecule has 0 rings (SSSR count). The van der Waals surface area contributed by atoms with E-state index in [1.165, 1.54) is 0 Å². The van der Waals surface area contributed by atoms with Gasteiger partial charge in [0.05, 0.1) is 0 Å². The van der Waals surface area contributed by atoms with E-state index in [1.807, 2.05) is 45.9 Å². The van der Waals surface area contributed by atoms with Gasteiger partial charge in [0.1, 0.15) is 0 Å². The Balaban J connectivity index is 5.03. The van der Waals surface area contributed by atoms with Gasteiger partial charge in [0.25, 0.3) is 0 Å². The molecular formula is C13H20N2. The van der Waals surface area contributed by atoms with Crippen molar-refractivity contribution >= 4 is 11.4 Å². The zero-order chi connectivity index (χ0) is 11.8. The topological polar surface area (TPSA) is 36.2 Å². The number of hydrogen-bond donors (Lipinski definition) is 1. The second kappa shape index (κ2) is 6.93. The summed E-state index contributed by atoms with van der Waals surface area (Å²) in [6.45, 7) is 9.64. The Bertz CT molecular complexity index is 342. The Morgan fingerprint density at radius 1 is 1.13 bits per heavy atom. The van der Waals surface area contributed by atoms with Gasteiger partial charge in [0.2, 0.25) is 0 Å². The minimum Gasteiger partial charge on any atom is -0.305 e. The Morgan fingerprint density at radius 2 is 1.73 bits per heavy atom. The van der Waals surface area contributed by atoms with Gasteiger partial charge >= 0.3 is 0 Å². The SMILES string of the molecule is C\C=C/C(C)=N\C=C(C(C)=N)/C(C)=C/C. The summed E-state index contributed by atoms with van der Waals surface area (Å²) in [5, 5.41) is 7.64. The first-order valence-electron chi connectivity index (χ1n) is 5.09. The van der Waals surface area contributed by atoms with Crippen molar-refractivity contribution in [1.29, 1.82) is 5.41 Å². The maximum atomic E-state index is 7.64. The van der Waals surface area contributed by atoms with E-state index in [0.29, 0.717) is 5.71 Å². The monoisotopic (exact) mass is 204 g/mol. The average Bonchev–Trinajstić information content (AvgIpc) is 2.17. The van der Waals surface area contributed by atoms with Gasteiger partial charge in [0.15, 0.2) is 0 Å². The van der Waals surface area contributed by atoms with Gasteiger partial charge in [-0.05, 0) is 46.3 Å². The third kappa shape index (κ3) is 5.11. The van der Waals surface area contributed by atoms with Crippen molar-refractivity contribution in [2.75, 3.05) is 0 Å². The van der Waals surface area contributed by atoms with Crippen LogP contribution in [-0.4, -0.2) is 11.4 Å². The van der Waals surface area contributed by atoms with Crippen molar-refractivity contribution in [3.63, 3.8) is 0 Å². The molecule has 0 bridgehead atoms. The van der Waals surface area contributed by atoms with Crippen LogP contribution in [-0.2, 0) is 0 Å². The number of aliphatic imine (C=N–C) groups is 1. The van der Waals surface area contributed by atoms with Crippen molar-refractivity contribution in [2.45, 2.75) is 34.6 Å². The second-order valence-electron chi connectivity index (χ2n) is 3.41. The lowest BCUT2D eigenvalue weighted by Crippen LogP contribution is -1.97. The van der Waals surface area contributed by atoms with Crippen LogP contribution < -0.4 is 0 Å². The van der Waals surface area contributed by atoms with Gasteiger partial charge in [-0.15, -0.1) is 0 Å². The van der Waals surface area contributed by atoms with Crippen LogP contribution in [0.5, 0.6) is 0 Å². The molecule has 0 aromatic heterocycles. The van der Waals surface area contributed by atoms with Crippen molar-refractivity contribution < 1.29 is 0 Å². The number of nitrogens with zero attached hydrogens (tertiary/aromatic N) is 1. The summed E-state index contributed by atoms with van der Waals surface area (Å²) in [7, 11) is 0. The highest BCUT2D eigenvalue weighted by Crippen LogP contribution is 2.10. The molecule has 0 heterocycles. The summed E-state index contributed by atoms with van der Waals surface area (Å²) in [5.41, 5.74) is 3.46. The van der Waals surface area contributed by atoms with E-state index in [4.69, 9.17) is 5.41 Å². The van der Waals surface area contributed by atoms with E-state index in [1.54, 1.807) is 13.1 Å². The Morgan fingerprint density at radius 3 is 2.13 bits per heavy atom. The minimum atomic E-state index is 0.544. The summed E-state index contributed by atoms with van der Waals surface area (Å²) in [6, 6.07) is 0. The molecule has 0 fully saturated rings. The van der Waals surface area contributed by atoms with Crippen molar-refractivity contribution in [3.8, 4) is 0 Å². The van der Waals surface area contributed by atoms with Crippen LogP contribution in [0.3, 0.4) is 0 Å². The molecule has 0 saturated heterocycles. The first-order valence-corrected chi connectivity index (χ1v) is 5.09. The predicted octanol–water partition coefficient (Wildman–Crippen LogP) is 3.91. The van der Waals surface area contributed by atoms with Crippen LogP contribution in [0.2, 0.25) is 0 Å². The maximum absolute atomic E-state index is 7.64. The van der Waals surface area contributed by atoms with Crippen LogP contribution in [0.15, 0.2) is 40.6 Å². The third-order valence-corrected chi connectivity index (χ3v) is 2.07. The van der Waals surface area contributed by atoms with E-state index < -0.39 is 0 Å². The molecule has 0 aliphatic carbocycles. The fourth-order valence-electron chi connectivity index (χ4n) is 1.10. The lowest BCUT2D eigenvalue weighted by Gasteiger charge is -2.03. The van der Waals surface area contributed by atoms with Gasteiger partial charge in [-0.2, -0.15) is 0 Å². The Labute approximate surface area is 92.6 Å². The molecule has 0 aliphatic rings. The molecule has 2 heteroatoms. The summed E-state index contributed by atoms with van der Waals surface area (Å²) in [6.07, 6.45) is 7.64. The van der Waals surface area contributed by atoms with Gasteiger partial charge in [0, 0.05) is 23.2 Å². The van der Waals surface area contributed by atoms with Crippen molar-refractivity contribution in [1.82, 2.24) is 0 Å². The zero-order valence-corrected chi connectivity index (χ0v) is 10.3. The number of allylic oxidation sites excluding steroid dienone is 5. The lowest BCUT2D eigenvalue weighted by molar-refractivity contribution is 1.34. The second-order valence-corrected chi connectivity index (χ2v) is 3.41. The van der Waals surface area contributed by atoms with E-state index in [0.717, 1.165) is 16.9 Å². The first-order chi connectivity index (χ1) is 7.02. The smallest absolute Gasteiger partial charge is 0.0373 e. The highest BCUT2D eigenvalue weighted by Gasteiger charge is 2.00. The van der Waals surface area contributed by atoms with E-state index in [-0.39, 0.29) is 0 Å². The molecule has 1 N–H and O–H groups in total. The first kappa shape index (κ1) is 13.6. The fourth-order valence-corrected chi connectivity index (χ4v) is 1.10. The molecule has 2 nitrogen and oxygen atoms in total. The van der Waals surface area contributed by atoms with Crippen LogP contribution >= 0.6 is 0 Å². The van der Waals surface area contributed by atoms with Gasteiger partial charge in [-0.3, -0.25) is 4.99 Å². The van der Waals surface area contributed by atoms with Crippen molar-refractivity contribution in [2.24, 2.45) is 4.99 Å². The molecule has 0 spiro atoms. The van der Waals surface area contributed by atoms with E-state index in [2.05, 4.69) is 4.99 Å². The summed E-state index contributed by atoms with van der Waals surface area (Å²) in [5.74, 6) is 0. The lowest BCUT2D eigenvalue weighted by atomic mass is 10.1. The molecule has 0 aromatic rings. The van der Waals surface area contributed by atoms with Crippen molar-refractivity contribution in [3.05, 3.63) is 35.6 Å². The minimum absolute atomic E-state index is 0.544. The Kier molecular flexibility index (Phi) is 6.27. The van der Waals surface area contributed by atoms with E-state index >= 15 is 0 Å². The molecule has 0 saturated carbocycles. The summed E-state index contributed by atoms with van der Waals surface area (Å²) >= 11 is 0. The van der Waals surface area contributed by atoms with Crippen LogP contribution in [0, 0.1) is 5.41 Å². The third-order valence-electron chi connectivity index (χ3n) is 2.07. The van der Waals surface area contributed by atoms with Crippen LogP contribution in [0.25, 0.3) is 0 Å². The Hall–Kier alpha value is -1.44. The molecule has 0 amide bonds. The van der Waals surface area contributed by atoms with Gasteiger partial charge < -0.3 is 5.41 Å². The highest BCUT2D eigenvalue weighted by molar-refractivity contribution is 6.00. The molecule has 0 aliphatic heterocycles. The standard InChI is InChI=1S/C13H20N2/c1-6-8-11(4)15-9-13(12(5)14)10(3)7-2/h6-9,14H,1-5H3/b8-6-,10-7+,13-9+,14-12?,15-11-.